The zero-order valence-electron chi connectivity index (χ0n) is 11.1. The highest BCUT2D eigenvalue weighted by Crippen LogP contribution is 2.14. The highest BCUT2D eigenvalue weighted by atomic mass is 16.3. The number of β-amino-alcohol motifs (C(OH)–C–C–N with tert-alkyl or cyclic N) is 1. The summed E-state index contributed by atoms with van der Waals surface area (Å²) in [5.41, 5.74) is 0. The molecule has 2 heterocycles. The second-order valence-electron chi connectivity index (χ2n) is 5.65. The van der Waals surface area contributed by atoms with Crippen LogP contribution in [0.25, 0.3) is 0 Å². The predicted molar refractivity (Wildman–Crippen MR) is 71.0 cm³/mol. The Hall–Kier alpha value is -0.120. The summed E-state index contributed by atoms with van der Waals surface area (Å²) in [6, 6.07) is 0. The molecule has 2 aliphatic rings. The smallest absolute Gasteiger partial charge is 0.120 e. The first-order chi connectivity index (χ1) is 8.36. The minimum Gasteiger partial charge on any atom is -0.377 e. The Balaban J connectivity index is 1.75. The van der Waals surface area contributed by atoms with Crippen LogP contribution in [-0.2, 0) is 0 Å². The van der Waals surface area contributed by atoms with Gasteiger partial charge in [-0.1, -0.05) is 25.7 Å². The van der Waals surface area contributed by atoms with Crippen LogP contribution in [-0.4, -0.2) is 53.9 Å². The molecular weight excluding hydrogens is 212 g/mol. The van der Waals surface area contributed by atoms with Gasteiger partial charge in [-0.2, -0.15) is 0 Å². The Morgan fingerprint density at radius 3 is 1.71 bits per heavy atom. The number of rotatable bonds is 3. The van der Waals surface area contributed by atoms with E-state index in [1.165, 1.54) is 64.5 Å². The van der Waals surface area contributed by atoms with Gasteiger partial charge in [0.2, 0.25) is 0 Å². The summed E-state index contributed by atoms with van der Waals surface area (Å²) in [4.78, 5) is 4.75. The van der Waals surface area contributed by atoms with Gasteiger partial charge in [-0.3, -0.25) is 9.80 Å². The molecular formula is C14H28N2O. The molecule has 3 heteroatoms. The SMILES string of the molecule is OC(CN1CCCCCC1)N1CCCCCC1. The van der Waals surface area contributed by atoms with E-state index >= 15 is 0 Å². The fourth-order valence-corrected chi connectivity index (χ4v) is 3.06. The van der Waals surface area contributed by atoms with Crippen molar-refractivity contribution < 1.29 is 5.11 Å². The maximum Gasteiger partial charge on any atom is 0.120 e. The average molecular weight is 240 g/mol. The summed E-state index contributed by atoms with van der Waals surface area (Å²) in [5.74, 6) is 0. The van der Waals surface area contributed by atoms with Crippen molar-refractivity contribution in [3.63, 3.8) is 0 Å². The fraction of sp³-hybridized carbons (Fsp3) is 1.00. The van der Waals surface area contributed by atoms with Crippen molar-refractivity contribution in [3.8, 4) is 0 Å². The molecule has 1 atom stereocenters. The maximum absolute atomic E-state index is 10.3. The summed E-state index contributed by atoms with van der Waals surface area (Å²) in [7, 11) is 0. The molecule has 0 aromatic rings. The van der Waals surface area contributed by atoms with Gasteiger partial charge >= 0.3 is 0 Å². The van der Waals surface area contributed by atoms with Gasteiger partial charge in [-0.25, -0.2) is 0 Å². The second-order valence-corrected chi connectivity index (χ2v) is 5.65. The van der Waals surface area contributed by atoms with Gasteiger partial charge in [0.05, 0.1) is 0 Å². The molecule has 2 saturated heterocycles. The van der Waals surface area contributed by atoms with E-state index in [1.807, 2.05) is 0 Å². The zero-order valence-corrected chi connectivity index (χ0v) is 11.1. The third-order valence-electron chi connectivity index (χ3n) is 4.18. The van der Waals surface area contributed by atoms with Crippen LogP contribution >= 0.6 is 0 Å². The van der Waals surface area contributed by atoms with Crippen LogP contribution in [0.15, 0.2) is 0 Å². The first-order valence-corrected chi connectivity index (χ1v) is 7.51. The van der Waals surface area contributed by atoms with Gasteiger partial charge in [-0.15, -0.1) is 0 Å². The van der Waals surface area contributed by atoms with E-state index in [0.717, 1.165) is 19.6 Å². The molecule has 0 aromatic carbocycles. The molecule has 1 unspecified atom stereocenters. The van der Waals surface area contributed by atoms with E-state index in [2.05, 4.69) is 9.80 Å². The van der Waals surface area contributed by atoms with Crippen molar-refractivity contribution in [1.82, 2.24) is 9.80 Å². The first-order valence-electron chi connectivity index (χ1n) is 7.51. The minimum atomic E-state index is -0.230. The molecule has 0 amide bonds. The summed E-state index contributed by atoms with van der Waals surface area (Å²) in [5, 5.41) is 10.3. The van der Waals surface area contributed by atoms with Gasteiger partial charge in [0.25, 0.3) is 0 Å². The van der Waals surface area contributed by atoms with Crippen LogP contribution in [0.4, 0.5) is 0 Å². The molecule has 3 nitrogen and oxygen atoms in total. The number of nitrogens with zero attached hydrogens (tertiary/aromatic N) is 2. The lowest BCUT2D eigenvalue weighted by Gasteiger charge is -2.31. The predicted octanol–water partition coefficient (Wildman–Crippen LogP) is 2.06. The van der Waals surface area contributed by atoms with Crippen LogP contribution in [0.3, 0.4) is 0 Å². The van der Waals surface area contributed by atoms with E-state index in [9.17, 15) is 5.11 Å². The second kappa shape index (κ2) is 7.34. The van der Waals surface area contributed by atoms with Crippen LogP contribution in [0.2, 0.25) is 0 Å². The number of aliphatic hydroxyl groups is 1. The number of aliphatic hydroxyl groups excluding tert-OH is 1. The lowest BCUT2D eigenvalue weighted by atomic mass is 10.2. The summed E-state index contributed by atoms with van der Waals surface area (Å²) >= 11 is 0. The summed E-state index contributed by atoms with van der Waals surface area (Å²) in [6.07, 6.45) is 10.3. The Labute approximate surface area is 106 Å². The molecule has 17 heavy (non-hydrogen) atoms. The van der Waals surface area contributed by atoms with Gasteiger partial charge in [0.1, 0.15) is 6.23 Å². The van der Waals surface area contributed by atoms with E-state index in [0.29, 0.717) is 0 Å². The van der Waals surface area contributed by atoms with E-state index in [1.54, 1.807) is 0 Å². The maximum atomic E-state index is 10.3. The monoisotopic (exact) mass is 240 g/mol. The van der Waals surface area contributed by atoms with Crippen molar-refractivity contribution >= 4 is 0 Å². The number of likely N-dealkylation sites (tertiary alicyclic amines) is 2. The quantitative estimate of drug-likeness (QED) is 0.818. The van der Waals surface area contributed by atoms with Crippen molar-refractivity contribution in [3.05, 3.63) is 0 Å². The van der Waals surface area contributed by atoms with Gasteiger partial charge in [0, 0.05) is 19.6 Å². The molecule has 0 aliphatic carbocycles. The summed E-state index contributed by atoms with van der Waals surface area (Å²) in [6.45, 7) is 5.42. The molecule has 2 fully saturated rings. The lowest BCUT2D eigenvalue weighted by Crippen LogP contribution is -2.44. The Morgan fingerprint density at radius 2 is 1.18 bits per heavy atom. The van der Waals surface area contributed by atoms with Crippen LogP contribution < -0.4 is 0 Å². The molecule has 0 spiro atoms. The molecule has 0 saturated carbocycles. The zero-order chi connectivity index (χ0) is 11.9. The van der Waals surface area contributed by atoms with Crippen molar-refractivity contribution in [2.45, 2.75) is 57.6 Å². The van der Waals surface area contributed by atoms with E-state index in [-0.39, 0.29) is 6.23 Å². The highest BCUT2D eigenvalue weighted by molar-refractivity contribution is 4.71. The number of hydrogen-bond acceptors (Lipinski definition) is 3. The van der Waals surface area contributed by atoms with Crippen LogP contribution in [0.1, 0.15) is 51.4 Å². The summed E-state index contributed by atoms with van der Waals surface area (Å²) < 4.78 is 0. The van der Waals surface area contributed by atoms with E-state index in [4.69, 9.17) is 0 Å². The van der Waals surface area contributed by atoms with Gasteiger partial charge < -0.3 is 5.11 Å². The molecule has 100 valence electrons. The van der Waals surface area contributed by atoms with Crippen molar-refractivity contribution in [2.24, 2.45) is 0 Å². The Bertz CT molecular complexity index is 194. The number of hydrogen-bond donors (Lipinski definition) is 1. The molecule has 0 aromatic heterocycles. The topological polar surface area (TPSA) is 26.7 Å². The molecule has 0 radical (unpaired) electrons. The average Bonchev–Trinajstić information content (AvgIpc) is 2.72. The molecule has 1 N–H and O–H groups in total. The van der Waals surface area contributed by atoms with Gasteiger partial charge in [-0.05, 0) is 38.8 Å². The van der Waals surface area contributed by atoms with Crippen molar-refractivity contribution in [1.29, 1.82) is 0 Å². The van der Waals surface area contributed by atoms with E-state index < -0.39 is 0 Å². The Morgan fingerprint density at radius 1 is 0.706 bits per heavy atom. The fourth-order valence-electron chi connectivity index (χ4n) is 3.06. The standard InChI is InChI=1S/C14H28N2O/c17-14(16-11-7-3-4-8-12-16)13-15-9-5-1-2-6-10-15/h14,17H,1-13H2. The Kier molecular flexibility index (Phi) is 5.75. The lowest BCUT2D eigenvalue weighted by molar-refractivity contribution is -0.0187. The molecule has 2 rings (SSSR count). The highest BCUT2D eigenvalue weighted by Gasteiger charge is 2.20. The first kappa shape index (κ1) is 13.3. The third-order valence-corrected chi connectivity index (χ3v) is 4.18. The van der Waals surface area contributed by atoms with Crippen molar-refractivity contribution in [2.75, 3.05) is 32.7 Å². The molecule has 0 bridgehead atoms. The molecule has 2 aliphatic heterocycles. The van der Waals surface area contributed by atoms with Crippen LogP contribution in [0.5, 0.6) is 0 Å². The van der Waals surface area contributed by atoms with Gasteiger partial charge in [0.15, 0.2) is 0 Å². The minimum absolute atomic E-state index is 0.230. The third kappa shape index (κ3) is 4.57. The normalized spacial score (nSPS) is 27.4. The largest absolute Gasteiger partial charge is 0.377 e. The van der Waals surface area contributed by atoms with Crippen LogP contribution in [0, 0.1) is 0 Å².